The van der Waals surface area contributed by atoms with E-state index in [-0.39, 0.29) is 0 Å². The van der Waals surface area contributed by atoms with E-state index in [1.807, 2.05) is 0 Å². The molecule has 2 rings (SSSR count). The van der Waals surface area contributed by atoms with Crippen LogP contribution in [-0.2, 0) is 14.6 Å². The monoisotopic (exact) mass is 266 g/mol. The number of carboxylic acid groups (broad SMARTS) is 1. The van der Waals surface area contributed by atoms with Gasteiger partial charge in [-0.3, -0.25) is 0 Å². The third kappa shape index (κ3) is 2.14. The lowest BCUT2D eigenvalue weighted by Gasteiger charge is -2.02. The van der Waals surface area contributed by atoms with Crippen molar-refractivity contribution in [2.24, 2.45) is 0 Å². The van der Waals surface area contributed by atoms with Crippen molar-refractivity contribution in [3.8, 4) is 5.75 Å². The minimum Gasteiger partial charge on any atom is -0.497 e. The largest absolute Gasteiger partial charge is 0.497 e. The average Bonchev–Trinajstić information content (AvgIpc) is 2.65. The maximum absolute atomic E-state index is 11.6. The zero-order valence-electron chi connectivity index (χ0n) is 9.45. The normalized spacial score (nSPS) is 16.9. The van der Waals surface area contributed by atoms with E-state index in [0.29, 0.717) is 16.9 Å². The smallest absolute Gasteiger partial charge is 0.347 e. The minimum atomic E-state index is -3.84. The Labute approximate surface area is 104 Å². The lowest BCUT2D eigenvalue weighted by Crippen LogP contribution is -2.07. The molecule has 1 heterocycles. The van der Waals surface area contributed by atoms with Crippen molar-refractivity contribution in [2.45, 2.75) is 0 Å². The van der Waals surface area contributed by atoms with E-state index < -0.39 is 20.7 Å². The van der Waals surface area contributed by atoms with Gasteiger partial charge in [0, 0.05) is 5.41 Å². The van der Waals surface area contributed by atoms with Crippen molar-refractivity contribution < 1.29 is 23.1 Å². The molecule has 1 aliphatic heterocycles. The van der Waals surface area contributed by atoms with E-state index in [1.165, 1.54) is 7.11 Å². The molecule has 0 spiro atoms. The van der Waals surface area contributed by atoms with E-state index in [2.05, 4.69) is 0 Å². The fourth-order valence-electron chi connectivity index (χ4n) is 1.63. The number of methoxy groups -OCH3 is 1. The first-order chi connectivity index (χ1) is 8.44. The van der Waals surface area contributed by atoms with Crippen molar-refractivity contribution in [1.82, 2.24) is 0 Å². The van der Waals surface area contributed by atoms with Crippen LogP contribution in [-0.4, -0.2) is 26.6 Å². The maximum Gasteiger partial charge on any atom is 0.347 e. The maximum atomic E-state index is 11.6. The van der Waals surface area contributed by atoms with Crippen LogP contribution in [0.2, 0.25) is 0 Å². The second-order valence-electron chi connectivity index (χ2n) is 3.66. The zero-order chi connectivity index (χ0) is 13.3. The quantitative estimate of drug-likeness (QED) is 0.895. The van der Waals surface area contributed by atoms with Crippen LogP contribution in [0.3, 0.4) is 0 Å². The predicted octanol–water partition coefficient (Wildman–Crippen LogP) is 1.43. The summed E-state index contributed by atoms with van der Waals surface area (Å²) in [5.41, 5.74) is 0.931. The summed E-state index contributed by atoms with van der Waals surface area (Å²) in [6, 6.07) is 6.75. The molecule has 0 atom stereocenters. The molecule has 0 aromatic heterocycles. The molecule has 0 bridgehead atoms. The number of benzene rings is 1. The first kappa shape index (κ1) is 12.4. The number of aliphatic carboxylic acids is 1. The topological polar surface area (TPSA) is 80.7 Å². The summed E-state index contributed by atoms with van der Waals surface area (Å²) in [7, 11) is -2.35. The van der Waals surface area contributed by atoms with Gasteiger partial charge in [-0.15, -0.1) is 0 Å². The summed E-state index contributed by atoms with van der Waals surface area (Å²) in [5, 5.41) is 9.76. The molecule has 1 N–H and O–H groups in total. The van der Waals surface area contributed by atoms with Gasteiger partial charge in [-0.1, -0.05) is 12.1 Å². The van der Waals surface area contributed by atoms with Crippen LogP contribution in [0.4, 0.5) is 0 Å². The van der Waals surface area contributed by atoms with Gasteiger partial charge >= 0.3 is 5.97 Å². The van der Waals surface area contributed by atoms with E-state index in [1.54, 1.807) is 24.3 Å². The van der Waals surface area contributed by atoms with Crippen LogP contribution >= 0.6 is 0 Å². The van der Waals surface area contributed by atoms with Gasteiger partial charge in [-0.2, -0.15) is 0 Å². The first-order valence-corrected chi connectivity index (χ1v) is 6.55. The highest BCUT2D eigenvalue weighted by molar-refractivity contribution is 7.99. The predicted molar refractivity (Wildman–Crippen MR) is 65.6 cm³/mol. The van der Waals surface area contributed by atoms with Crippen LogP contribution in [0, 0.1) is 0 Å². The molecule has 1 aromatic rings. The highest BCUT2D eigenvalue weighted by Gasteiger charge is 2.28. The Bertz CT molecular complexity index is 667. The molecule has 1 aliphatic rings. The molecule has 0 unspecified atom stereocenters. The second kappa shape index (κ2) is 4.30. The van der Waals surface area contributed by atoms with Crippen molar-refractivity contribution in [2.75, 3.05) is 7.11 Å². The third-order valence-electron chi connectivity index (χ3n) is 2.49. The van der Waals surface area contributed by atoms with E-state index in [0.717, 1.165) is 11.5 Å². The zero-order valence-corrected chi connectivity index (χ0v) is 10.3. The Balaban J connectivity index is 2.50. The summed E-state index contributed by atoms with van der Waals surface area (Å²) in [6.07, 6.45) is 1.15. The first-order valence-electron chi connectivity index (χ1n) is 5.00. The highest BCUT2D eigenvalue weighted by Crippen LogP contribution is 2.30. The number of rotatable bonds is 3. The van der Waals surface area contributed by atoms with Gasteiger partial charge in [0.25, 0.3) is 0 Å². The average molecular weight is 266 g/mol. The van der Waals surface area contributed by atoms with Crippen molar-refractivity contribution >= 4 is 21.4 Å². The Kier molecular flexibility index (Phi) is 2.96. The van der Waals surface area contributed by atoms with Gasteiger partial charge in [-0.05, 0) is 29.3 Å². The van der Waals surface area contributed by atoms with Gasteiger partial charge in [0.1, 0.15) is 5.75 Å². The number of hydrogen-bond acceptors (Lipinski definition) is 4. The van der Waals surface area contributed by atoms with Crippen LogP contribution in [0.1, 0.15) is 5.56 Å². The van der Waals surface area contributed by atoms with Gasteiger partial charge in [0.15, 0.2) is 4.91 Å². The number of ether oxygens (including phenoxy) is 1. The standard InChI is InChI=1S/C12H10O5S/c1-17-10-4-2-3-8(5-10)9-6-11(12(13)14)18(15,16)7-9/h2-7H,1H3,(H,13,14). The van der Waals surface area contributed by atoms with E-state index >= 15 is 0 Å². The lowest BCUT2D eigenvalue weighted by atomic mass is 10.1. The molecule has 0 fully saturated rings. The number of hydrogen-bond donors (Lipinski definition) is 1. The molecule has 0 saturated carbocycles. The summed E-state index contributed by atoms with van der Waals surface area (Å²) >= 11 is 0. The molecule has 5 nitrogen and oxygen atoms in total. The molecule has 18 heavy (non-hydrogen) atoms. The summed E-state index contributed by atoms with van der Waals surface area (Å²) in [5.74, 6) is -0.882. The summed E-state index contributed by atoms with van der Waals surface area (Å²) < 4.78 is 28.2. The SMILES string of the molecule is COc1cccc(C2=CS(=O)(=O)C(C(=O)O)=C2)c1. The van der Waals surface area contributed by atoms with Crippen LogP contribution in [0.5, 0.6) is 5.75 Å². The molecule has 94 valence electrons. The molecule has 0 radical (unpaired) electrons. The summed E-state index contributed by atoms with van der Waals surface area (Å²) in [4.78, 5) is 10.2. The number of carbonyl (C=O) groups is 1. The van der Waals surface area contributed by atoms with Gasteiger partial charge in [-0.25, -0.2) is 13.2 Å². The van der Waals surface area contributed by atoms with Crippen molar-refractivity contribution in [3.05, 3.63) is 46.2 Å². The molecule has 0 aliphatic carbocycles. The third-order valence-corrected chi connectivity index (χ3v) is 3.96. The highest BCUT2D eigenvalue weighted by atomic mass is 32.2. The molecule has 1 aromatic carbocycles. The van der Waals surface area contributed by atoms with Crippen LogP contribution < -0.4 is 4.74 Å². The van der Waals surface area contributed by atoms with E-state index in [4.69, 9.17) is 9.84 Å². The molecule has 0 amide bonds. The number of allylic oxidation sites excluding steroid dienone is 2. The Morgan fingerprint density at radius 2 is 2.06 bits per heavy atom. The molecular formula is C12H10O5S. The van der Waals surface area contributed by atoms with Gasteiger partial charge < -0.3 is 9.84 Å². The van der Waals surface area contributed by atoms with Crippen LogP contribution in [0.15, 0.2) is 40.7 Å². The van der Waals surface area contributed by atoms with Gasteiger partial charge in [0.2, 0.25) is 9.84 Å². The summed E-state index contributed by atoms with van der Waals surface area (Å²) in [6.45, 7) is 0. The van der Waals surface area contributed by atoms with Gasteiger partial charge in [0.05, 0.1) is 7.11 Å². The lowest BCUT2D eigenvalue weighted by molar-refractivity contribution is -0.131. The number of sulfone groups is 1. The molecule has 6 heteroatoms. The van der Waals surface area contributed by atoms with Crippen molar-refractivity contribution in [1.29, 1.82) is 0 Å². The van der Waals surface area contributed by atoms with Crippen LogP contribution in [0.25, 0.3) is 5.57 Å². The van der Waals surface area contributed by atoms with Crippen molar-refractivity contribution in [3.63, 3.8) is 0 Å². The molecular weight excluding hydrogens is 256 g/mol. The molecule has 0 saturated heterocycles. The Hall–Kier alpha value is -2.08. The Morgan fingerprint density at radius 3 is 2.61 bits per heavy atom. The second-order valence-corrected chi connectivity index (χ2v) is 5.43. The fourth-order valence-corrected chi connectivity index (χ4v) is 2.83. The minimum absolute atomic E-state index is 0.339. The Morgan fingerprint density at radius 1 is 1.33 bits per heavy atom. The van der Waals surface area contributed by atoms with E-state index in [9.17, 15) is 13.2 Å². The number of carboxylic acids is 1. The fraction of sp³-hybridized carbons (Fsp3) is 0.0833.